The van der Waals surface area contributed by atoms with Gasteiger partial charge in [0, 0.05) is 19.1 Å². The molecular weight excluding hydrogens is 420 g/mol. The minimum Gasteiger partial charge on any atom is -0.335 e. The van der Waals surface area contributed by atoms with Crippen LogP contribution in [0.5, 0.6) is 0 Å². The van der Waals surface area contributed by atoms with Crippen LogP contribution < -0.4 is 5.14 Å². The molecule has 1 aromatic heterocycles. The molecular formula is C21H26N4O3S2. The lowest BCUT2D eigenvalue weighted by Crippen LogP contribution is -2.37. The van der Waals surface area contributed by atoms with Crippen LogP contribution in [0, 0.1) is 0 Å². The van der Waals surface area contributed by atoms with E-state index in [-0.39, 0.29) is 22.6 Å². The minimum atomic E-state index is -3.80. The van der Waals surface area contributed by atoms with Gasteiger partial charge in [-0.05, 0) is 44.5 Å². The standard InChI is InChI=1S/C21H26N4O3S2/c1-4-24-19-11-10-17(30(22,27)28)12-18(19)23-21(24)29-14-20(26)25(15(2)3)13-16-8-6-5-7-9-16/h5-12,15H,4,13-14H2,1-3H3,(H2,22,27,28). The topological polar surface area (TPSA) is 98.3 Å². The third-order valence-corrected chi connectivity index (χ3v) is 6.67. The van der Waals surface area contributed by atoms with Gasteiger partial charge < -0.3 is 9.47 Å². The van der Waals surface area contributed by atoms with Crippen molar-refractivity contribution in [2.45, 2.75) is 50.0 Å². The summed E-state index contributed by atoms with van der Waals surface area (Å²) < 4.78 is 25.2. The lowest BCUT2D eigenvalue weighted by atomic mass is 10.2. The van der Waals surface area contributed by atoms with E-state index < -0.39 is 10.0 Å². The summed E-state index contributed by atoms with van der Waals surface area (Å²) in [5, 5.41) is 5.91. The monoisotopic (exact) mass is 446 g/mol. The molecule has 1 heterocycles. The molecule has 0 saturated heterocycles. The maximum atomic E-state index is 12.9. The van der Waals surface area contributed by atoms with E-state index in [0.29, 0.717) is 23.8 Å². The van der Waals surface area contributed by atoms with Crippen molar-refractivity contribution in [2.75, 3.05) is 5.75 Å². The zero-order chi connectivity index (χ0) is 21.9. The maximum absolute atomic E-state index is 12.9. The lowest BCUT2D eigenvalue weighted by Gasteiger charge is -2.27. The smallest absolute Gasteiger partial charge is 0.238 e. The Hall–Kier alpha value is -2.36. The average Bonchev–Trinajstić information content (AvgIpc) is 3.06. The number of nitrogens with zero attached hydrogens (tertiary/aromatic N) is 3. The van der Waals surface area contributed by atoms with Gasteiger partial charge in [0.1, 0.15) is 0 Å². The van der Waals surface area contributed by atoms with Crippen LogP contribution in [0.1, 0.15) is 26.3 Å². The van der Waals surface area contributed by atoms with Gasteiger partial charge in [0.05, 0.1) is 21.7 Å². The van der Waals surface area contributed by atoms with Crippen molar-refractivity contribution in [2.24, 2.45) is 5.14 Å². The third kappa shape index (κ3) is 5.03. The number of carbonyl (C=O) groups is 1. The SMILES string of the molecule is CCn1c(SCC(=O)N(Cc2ccccc2)C(C)C)nc2cc(S(N)(=O)=O)ccc21. The van der Waals surface area contributed by atoms with Gasteiger partial charge in [-0.3, -0.25) is 4.79 Å². The van der Waals surface area contributed by atoms with Crippen molar-refractivity contribution in [3.63, 3.8) is 0 Å². The van der Waals surface area contributed by atoms with Crippen LogP contribution in [-0.2, 0) is 27.9 Å². The Kier molecular flexibility index (Phi) is 6.84. The molecule has 7 nitrogen and oxygen atoms in total. The van der Waals surface area contributed by atoms with Crippen molar-refractivity contribution in [1.29, 1.82) is 0 Å². The van der Waals surface area contributed by atoms with E-state index in [9.17, 15) is 13.2 Å². The number of amides is 1. The first-order chi connectivity index (χ1) is 14.2. The van der Waals surface area contributed by atoms with Gasteiger partial charge in [-0.15, -0.1) is 0 Å². The van der Waals surface area contributed by atoms with Crippen molar-refractivity contribution in [3.05, 3.63) is 54.1 Å². The number of imidazole rings is 1. The Bertz CT molecular complexity index is 1140. The van der Waals surface area contributed by atoms with Gasteiger partial charge in [0.25, 0.3) is 0 Å². The minimum absolute atomic E-state index is 0.0252. The fourth-order valence-corrected chi connectivity index (χ4v) is 4.73. The van der Waals surface area contributed by atoms with Crippen LogP contribution in [0.3, 0.4) is 0 Å². The van der Waals surface area contributed by atoms with Gasteiger partial charge >= 0.3 is 0 Å². The van der Waals surface area contributed by atoms with Crippen LogP contribution in [0.25, 0.3) is 11.0 Å². The number of thioether (sulfide) groups is 1. The highest BCUT2D eigenvalue weighted by Gasteiger charge is 2.20. The van der Waals surface area contributed by atoms with E-state index in [2.05, 4.69) is 4.98 Å². The summed E-state index contributed by atoms with van der Waals surface area (Å²) in [5.74, 6) is 0.273. The van der Waals surface area contributed by atoms with Gasteiger partial charge in [-0.25, -0.2) is 18.5 Å². The molecule has 1 amide bonds. The summed E-state index contributed by atoms with van der Waals surface area (Å²) >= 11 is 1.36. The van der Waals surface area contributed by atoms with E-state index in [1.54, 1.807) is 6.07 Å². The number of fused-ring (bicyclic) bond motifs is 1. The Morgan fingerprint density at radius 1 is 1.20 bits per heavy atom. The van der Waals surface area contributed by atoms with E-state index >= 15 is 0 Å². The maximum Gasteiger partial charge on any atom is 0.238 e. The summed E-state index contributed by atoms with van der Waals surface area (Å²) in [6, 6.07) is 14.6. The zero-order valence-electron chi connectivity index (χ0n) is 17.3. The molecule has 0 fully saturated rings. The molecule has 0 aliphatic heterocycles. The summed E-state index contributed by atoms with van der Waals surface area (Å²) in [5.41, 5.74) is 2.44. The molecule has 160 valence electrons. The Balaban J connectivity index is 1.80. The van der Waals surface area contributed by atoms with E-state index in [1.807, 2.05) is 60.6 Å². The second-order valence-electron chi connectivity index (χ2n) is 7.22. The summed E-state index contributed by atoms with van der Waals surface area (Å²) in [4.78, 5) is 19.4. The Morgan fingerprint density at radius 2 is 1.90 bits per heavy atom. The van der Waals surface area contributed by atoms with Gasteiger partial charge in [-0.1, -0.05) is 42.1 Å². The molecule has 0 saturated carbocycles. The van der Waals surface area contributed by atoms with Crippen LogP contribution in [0.4, 0.5) is 0 Å². The first-order valence-corrected chi connectivity index (χ1v) is 12.2. The quantitative estimate of drug-likeness (QED) is 0.536. The van der Waals surface area contributed by atoms with E-state index in [1.165, 1.54) is 23.9 Å². The molecule has 2 N–H and O–H groups in total. The first-order valence-electron chi connectivity index (χ1n) is 9.70. The average molecular weight is 447 g/mol. The number of sulfonamides is 1. The highest BCUT2D eigenvalue weighted by atomic mass is 32.2. The molecule has 0 radical (unpaired) electrons. The number of aromatic nitrogens is 2. The number of hydrogen-bond acceptors (Lipinski definition) is 5. The highest BCUT2D eigenvalue weighted by molar-refractivity contribution is 7.99. The van der Waals surface area contributed by atoms with Gasteiger partial charge in [0.15, 0.2) is 5.16 Å². The molecule has 0 spiro atoms. The fourth-order valence-electron chi connectivity index (χ4n) is 3.23. The Labute approximate surface area is 181 Å². The van der Waals surface area contributed by atoms with Crippen molar-refractivity contribution in [3.8, 4) is 0 Å². The molecule has 0 aliphatic carbocycles. The van der Waals surface area contributed by atoms with E-state index in [4.69, 9.17) is 5.14 Å². The number of benzene rings is 2. The normalized spacial score (nSPS) is 11.9. The number of hydrogen-bond donors (Lipinski definition) is 1. The van der Waals surface area contributed by atoms with Crippen LogP contribution in [-0.4, -0.2) is 40.6 Å². The molecule has 2 aromatic carbocycles. The number of aryl methyl sites for hydroxylation is 1. The van der Waals surface area contributed by atoms with Crippen LogP contribution in [0.15, 0.2) is 58.6 Å². The lowest BCUT2D eigenvalue weighted by molar-refractivity contribution is -0.130. The molecule has 3 aromatic rings. The summed E-state index contributed by atoms with van der Waals surface area (Å²) in [6.45, 7) is 7.19. The predicted molar refractivity (Wildman–Crippen MR) is 120 cm³/mol. The molecule has 3 rings (SSSR count). The second-order valence-corrected chi connectivity index (χ2v) is 9.73. The van der Waals surface area contributed by atoms with E-state index in [0.717, 1.165) is 11.1 Å². The third-order valence-electron chi connectivity index (χ3n) is 4.79. The molecule has 0 atom stereocenters. The zero-order valence-corrected chi connectivity index (χ0v) is 18.9. The molecule has 9 heteroatoms. The number of nitrogens with two attached hydrogens (primary N) is 1. The van der Waals surface area contributed by atoms with Crippen LogP contribution in [0.2, 0.25) is 0 Å². The highest BCUT2D eigenvalue weighted by Crippen LogP contribution is 2.26. The Morgan fingerprint density at radius 3 is 2.50 bits per heavy atom. The number of rotatable bonds is 8. The molecule has 0 unspecified atom stereocenters. The molecule has 0 bridgehead atoms. The molecule has 0 aliphatic rings. The van der Waals surface area contributed by atoms with Crippen LogP contribution >= 0.6 is 11.8 Å². The summed E-state index contributed by atoms with van der Waals surface area (Å²) in [6.07, 6.45) is 0. The second kappa shape index (κ2) is 9.20. The predicted octanol–water partition coefficient (Wildman–Crippen LogP) is 3.23. The number of primary sulfonamides is 1. The fraction of sp³-hybridized carbons (Fsp3) is 0.333. The van der Waals surface area contributed by atoms with Gasteiger partial charge in [-0.2, -0.15) is 0 Å². The summed E-state index contributed by atoms with van der Waals surface area (Å²) in [7, 11) is -3.80. The first kappa shape index (κ1) is 22.3. The van der Waals surface area contributed by atoms with Gasteiger partial charge in [0.2, 0.25) is 15.9 Å². The molecule has 30 heavy (non-hydrogen) atoms. The van der Waals surface area contributed by atoms with Crippen molar-refractivity contribution in [1.82, 2.24) is 14.5 Å². The number of carbonyl (C=O) groups excluding carboxylic acids is 1. The van der Waals surface area contributed by atoms with Crippen molar-refractivity contribution < 1.29 is 13.2 Å². The van der Waals surface area contributed by atoms with Crippen molar-refractivity contribution >= 4 is 38.7 Å². The largest absolute Gasteiger partial charge is 0.335 e.